The smallest absolute Gasteiger partial charge is 0.274 e. The Morgan fingerprint density at radius 3 is 3.00 bits per heavy atom. The van der Waals surface area contributed by atoms with Gasteiger partial charge in [0.2, 0.25) is 6.41 Å². The number of aromatic nitrogens is 1. The summed E-state index contributed by atoms with van der Waals surface area (Å²) in [5.41, 5.74) is 0. The van der Waals surface area contributed by atoms with E-state index >= 15 is 0 Å². The van der Waals surface area contributed by atoms with Crippen LogP contribution in [0.15, 0.2) is 22.1 Å². The largest absolute Gasteiger partial charge is 0.351 e. The fourth-order valence-corrected chi connectivity index (χ4v) is 2.49. The van der Waals surface area contributed by atoms with Crippen LogP contribution < -0.4 is 5.32 Å². The summed E-state index contributed by atoms with van der Waals surface area (Å²) in [7, 11) is 1.64. The van der Waals surface area contributed by atoms with Crippen molar-refractivity contribution in [2.45, 2.75) is 6.54 Å². The van der Waals surface area contributed by atoms with E-state index in [0.717, 1.165) is 15.0 Å². The molecule has 92 valence electrons. The molecule has 0 fully saturated rings. The van der Waals surface area contributed by atoms with Gasteiger partial charge in [0, 0.05) is 18.1 Å². The quantitative estimate of drug-likeness (QED) is 0.482. The lowest BCUT2D eigenvalue weighted by atomic mass is 10.5. The number of nitro groups is 1. The Labute approximate surface area is 109 Å². The molecular weight excluding hydrogens is 312 g/mol. The van der Waals surface area contributed by atoms with Crippen molar-refractivity contribution in [3.8, 4) is 0 Å². The molecule has 0 aliphatic carbocycles. The molecule has 1 aromatic heterocycles. The molecule has 0 aromatic carbocycles. The van der Waals surface area contributed by atoms with Gasteiger partial charge in [0.1, 0.15) is 0 Å². The minimum absolute atomic E-state index is 0.120. The summed E-state index contributed by atoms with van der Waals surface area (Å²) >= 11 is 4.65. The second-order valence-electron chi connectivity index (χ2n) is 3.00. The van der Waals surface area contributed by atoms with E-state index in [9.17, 15) is 14.9 Å². The van der Waals surface area contributed by atoms with Crippen LogP contribution in [0.4, 0.5) is 0 Å². The van der Waals surface area contributed by atoms with Gasteiger partial charge in [0.15, 0.2) is 9.74 Å². The summed E-state index contributed by atoms with van der Waals surface area (Å²) in [6.45, 7) is 0.420. The second kappa shape index (κ2) is 6.30. The Balaban J connectivity index is 2.74. The van der Waals surface area contributed by atoms with Crippen molar-refractivity contribution in [1.82, 2.24) is 15.2 Å². The summed E-state index contributed by atoms with van der Waals surface area (Å²) < 4.78 is 0.740. The van der Waals surface area contributed by atoms with Crippen molar-refractivity contribution in [2.75, 3.05) is 7.05 Å². The van der Waals surface area contributed by atoms with Crippen LogP contribution in [0.2, 0.25) is 0 Å². The predicted molar refractivity (Wildman–Crippen MR) is 65.6 cm³/mol. The second-order valence-corrected chi connectivity index (χ2v) is 5.39. The monoisotopic (exact) mass is 320 g/mol. The molecule has 0 saturated carbocycles. The highest BCUT2D eigenvalue weighted by Gasteiger charge is 2.10. The van der Waals surface area contributed by atoms with E-state index in [4.69, 9.17) is 0 Å². The first kappa shape index (κ1) is 13.6. The average molecular weight is 321 g/mol. The highest BCUT2D eigenvalue weighted by atomic mass is 79.9. The van der Waals surface area contributed by atoms with Crippen molar-refractivity contribution >= 4 is 33.7 Å². The third-order valence-corrected chi connectivity index (χ3v) is 3.23. The number of thiazole rings is 1. The van der Waals surface area contributed by atoms with E-state index in [1.165, 1.54) is 11.3 Å². The maximum atomic E-state index is 10.4. The Hall–Kier alpha value is -1.48. The van der Waals surface area contributed by atoms with Gasteiger partial charge in [-0.1, -0.05) is 0 Å². The number of carbonyl (C=O) groups is 1. The predicted octanol–water partition coefficient (Wildman–Crippen LogP) is 1.16. The van der Waals surface area contributed by atoms with Gasteiger partial charge >= 0.3 is 0 Å². The number of rotatable bonds is 6. The molecule has 0 radical (unpaired) electrons. The van der Waals surface area contributed by atoms with E-state index < -0.39 is 4.92 Å². The lowest BCUT2D eigenvalue weighted by Gasteiger charge is -2.18. The van der Waals surface area contributed by atoms with Gasteiger partial charge in [-0.2, -0.15) is 0 Å². The number of nitrogens with zero attached hydrogens (tertiary/aromatic N) is 3. The molecule has 17 heavy (non-hydrogen) atoms. The number of amides is 1. The molecule has 0 saturated heterocycles. The van der Waals surface area contributed by atoms with Crippen molar-refractivity contribution in [3.63, 3.8) is 0 Å². The average Bonchev–Trinajstić information content (AvgIpc) is 2.62. The zero-order valence-corrected chi connectivity index (χ0v) is 11.2. The van der Waals surface area contributed by atoms with Gasteiger partial charge < -0.3 is 10.2 Å². The summed E-state index contributed by atoms with van der Waals surface area (Å²) in [5, 5.41) is 12.7. The lowest BCUT2D eigenvalue weighted by molar-refractivity contribution is -0.404. The van der Waals surface area contributed by atoms with Crippen LogP contribution in [0, 0.1) is 10.1 Å². The van der Waals surface area contributed by atoms with E-state index in [2.05, 4.69) is 26.2 Å². The Kier molecular flexibility index (Phi) is 5.04. The summed E-state index contributed by atoms with van der Waals surface area (Å²) in [4.78, 5) is 26.6. The fourth-order valence-electron chi connectivity index (χ4n) is 1.08. The van der Waals surface area contributed by atoms with Crippen molar-refractivity contribution in [2.24, 2.45) is 0 Å². The molecule has 0 unspecified atom stereocenters. The third-order valence-electron chi connectivity index (χ3n) is 1.76. The van der Waals surface area contributed by atoms with Crippen LogP contribution in [0.25, 0.3) is 0 Å². The molecule has 0 aliphatic rings. The van der Waals surface area contributed by atoms with E-state index in [0.29, 0.717) is 13.0 Å². The summed E-state index contributed by atoms with van der Waals surface area (Å²) in [6.07, 6.45) is 2.80. The van der Waals surface area contributed by atoms with Gasteiger partial charge in [-0.15, -0.1) is 11.3 Å². The van der Waals surface area contributed by atoms with Crippen LogP contribution >= 0.6 is 27.3 Å². The molecule has 0 atom stereocenters. The molecule has 0 spiro atoms. The lowest BCUT2D eigenvalue weighted by Crippen LogP contribution is -2.28. The minimum Gasteiger partial charge on any atom is -0.351 e. The molecular formula is C8H9BrN4O3S. The molecule has 1 N–H and O–H groups in total. The summed E-state index contributed by atoms with van der Waals surface area (Å²) in [5.74, 6) is 0.120. The minimum atomic E-state index is -0.620. The van der Waals surface area contributed by atoms with Crippen LogP contribution in [0.5, 0.6) is 0 Å². The molecule has 1 rings (SSSR count). The Morgan fingerprint density at radius 1 is 1.82 bits per heavy atom. The van der Waals surface area contributed by atoms with Crippen molar-refractivity contribution < 1.29 is 9.72 Å². The molecule has 0 bridgehead atoms. The van der Waals surface area contributed by atoms with Crippen molar-refractivity contribution in [1.29, 1.82) is 0 Å². The SMILES string of the molecule is CN(Cc1cnc(Br)s1)C(=C[N+](=O)[O-])NC=O. The number of hydrogen-bond donors (Lipinski definition) is 1. The van der Waals surface area contributed by atoms with Gasteiger partial charge in [-0.25, -0.2) is 4.98 Å². The van der Waals surface area contributed by atoms with E-state index in [-0.39, 0.29) is 5.82 Å². The fraction of sp³-hybridized carbons (Fsp3) is 0.250. The standard InChI is InChI=1S/C8H9BrN4O3S/c1-12(3-6-2-10-8(9)17-6)7(11-5-14)4-13(15)16/h2,4-5H,3H2,1H3,(H,11,14). The number of carbonyl (C=O) groups excluding carboxylic acids is 1. The van der Waals surface area contributed by atoms with Gasteiger partial charge in [-0.3, -0.25) is 14.9 Å². The summed E-state index contributed by atoms with van der Waals surface area (Å²) in [6, 6.07) is 0. The van der Waals surface area contributed by atoms with E-state index in [1.54, 1.807) is 18.1 Å². The number of nitrogens with one attached hydrogen (secondary N) is 1. The molecule has 1 heterocycles. The molecule has 9 heteroatoms. The zero-order chi connectivity index (χ0) is 12.8. The van der Waals surface area contributed by atoms with Crippen molar-refractivity contribution in [3.05, 3.63) is 37.1 Å². The number of hydrogen-bond acceptors (Lipinski definition) is 6. The first-order chi connectivity index (χ1) is 8.02. The highest BCUT2D eigenvalue weighted by molar-refractivity contribution is 9.11. The molecule has 7 nitrogen and oxygen atoms in total. The van der Waals surface area contributed by atoms with Crippen LogP contribution in [0.3, 0.4) is 0 Å². The van der Waals surface area contributed by atoms with Gasteiger partial charge in [0.05, 0.1) is 11.5 Å². The Bertz CT molecular complexity index is 448. The van der Waals surface area contributed by atoms with Gasteiger partial charge in [-0.05, 0) is 15.9 Å². The Morgan fingerprint density at radius 2 is 2.53 bits per heavy atom. The highest BCUT2D eigenvalue weighted by Crippen LogP contribution is 2.20. The normalized spacial score (nSPS) is 11.1. The zero-order valence-electron chi connectivity index (χ0n) is 8.79. The van der Waals surface area contributed by atoms with Gasteiger partial charge in [0.25, 0.3) is 6.20 Å². The van der Waals surface area contributed by atoms with Crippen LogP contribution in [0.1, 0.15) is 4.88 Å². The van der Waals surface area contributed by atoms with Crippen LogP contribution in [-0.4, -0.2) is 28.3 Å². The maximum absolute atomic E-state index is 10.4. The molecule has 1 aromatic rings. The van der Waals surface area contributed by atoms with E-state index in [1.807, 2.05) is 0 Å². The maximum Gasteiger partial charge on any atom is 0.274 e. The molecule has 0 aliphatic heterocycles. The topological polar surface area (TPSA) is 88.4 Å². The number of halogens is 1. The first-order valence-electron chi connectivity index (χ1n) is 4.39. The molecule has 1 amide bonds. The first-order valence-corrected chi connectivity index (χ1v) is 6.00. The third kappa shape index (κ3) is 4.49. The van der Waals surface area contributed by atoms with Crippen LogP contribution in [-0.2, 0) is 11.3 Å².